The van der Waals surface area contributed by atoms with Gasteiger partial charge in [0.15, 0.2) is 5.82 Å². The molecule has 0 bridgehead atoms. The van der Waals surface area contributed by atoms with E-state index in [2.05, 4.69) is 34.5 Å². The molecule has 6 heteroatoms. The average molecular weight is 374 g/mol. The molecule has 0 spiro atoms. The molecule has 27 heavy (non-hydrogen) atoms. The fourth-order valence-corrected chi connectivity index (χ4v) is 3.51. The number of hydrogen-bond acceptors (Lipinski definition) is 4. The van der Waals surface area contributed by atoms with Crippen LogP contribution in [0.3, 0.4) is 0 Å². The lowest BCUT2D eigenvalue weighted by Crippen LogP contribution is -2.15. The van der Waals surface area contributed by atoms with Crippen LogP contribution in [0.5, 0.6) is 0 Å². The molecule has 0 fully saturated rings. The van der Waals surface area contributed by atoms with Crippen molar-refractivity contribution in [1.29, 1.82) is 0 Å². The molecule has 4 aromatic rings. The van der Waals surface area contributed by atoms with E-state index in [1.54, 1.807) is 22.1 Å². The number of nitrogens with one attached hydrogen (secondary N) is 1. The fraction of sp³-hybridized carbons (Fsp3) is 0.0952. The van der Waals surface area contributed by atoms with Crippen molar-refractivity contribution in [2.24, 2.45) is 0 Å². The number of carbonyl (C=O) groups excluding carboxylic acids is 1. The molecule has 2 heterocycles. The maximum absolute atomic E-state index is 12.3. The third kappa shape index (κ3) is 4.12. The highest BCUT2D eigenvalue weighted by atomic mass is 32.1. The van der Waals surface area contributed by atoms with Crippen molar-refractivity contribution < 1.29 is 4.79 Å². The fourth-order valence-electron chi connectivity index (χ4n) is 2.68. The number of aromatic nitrogens is 3. The second-order valence-electron chi connectivity index (χ2n) is 6.22. The van der Waals surface area contributed by atoms with E-state index in [1.165, 1.54) is 5.56 Å². The molecule has 1 N–H and O–H groups in total. The van der Waals surface area contributed by atoms with Gasteiger partial charge in [-0.15, -0.1) is 11.3 Å². The summed E-state index contributed by atoms with van der Waals surface area (Å²) in [6.45, 7) is 2.06. The Labute approximate surface area is 161 Å². The molecule has 5 nitrogen and oxygen atoms in total. The summed E-state index contributed by atoms with van der Waals surface area (Å²) < 4.78 is 1.73. The van der Waals surface area contributed by atoms with E-state index in [4.69, 9.17) is 0 Å². The molecule has 0 saturated heterocycles. The molecule has 134 valence electrons. The van der Waals surface area contributed by atoms with Gasteiger partial charge in [0, 0.05) is 23.2 Å². The predicted octanol–water partition coefficient (Wildman–Crippen LogP) is 4.49. The van der Waals surface area contributed by atoms with Crippen LogP contribution in [0.15, 0.2) is 72.2 Å². The molecule has 1 amide bonds. The summed E-state index contributed by atoms with van der Waals surface area (Å²) in [6.07, 6.45) is 2.05. The quantitative estimate of drug-likeness (QED) is 0.560. The van der Waals surface area contributed by atoms with Crippen LogP contribution in [-0.4, -0.2) is 20.7 Å². The van der Waals surface area contributed by atoms with Crippen LogP contribution in [0.4, 0.5) is 5.82 Å². The van der Waals surface area contributed by atoms with Crippen molar-refractivity contribution in [1.82, 2.24) is 14.8 Å². The second-order valence-corrected chi connectivity index (χ2v) is 7.07. The van der Waals surface area contributed by atoms with Crippen molar-refractivity contribution in [3.63, 3.8) is 0 Å². The zero-order valence-electron chi connectivity index (χ0n) is 14.8. The van der Waals surface area contributed by atoms with Gasteiger partial charge in [-0.2, -0.15) is 5.10 Å². The van der Waals surface area contributed by atoms with Gasteiger partial charge >= 0.3 is 0 Å². The Morgan fingerprint density at radius 2 is 1.85 bits per heavy atom. The Morgan fingerprint density at radius 3 is 2.63 bits per heavy atom. The topological polar surface area (TPSA) is 59.8 Å². The van der Waals surface area contributed by atoms with Gasteiger partial charge in [0.1, 0.15) is 5.01 Å². The number of aryl methyl sites for hydroxylation is 1. The molecular formula is C21H18N4OS. The number of hydrogen-bond donors (Lipinski definition) is 1. The molecule has 2 aromatic carbocycles. The van der Waals surface area contributed by atoms with Crippen molar-refractivity contribution >= 4 is 23.1 Å². The third-order valence-corrected chi connectivity index (χ3v) is 5.01. The van der Waals surface area contributed by atoms with E-state index in [-0.39, 0.29) is 12.3 Å². The molecule has 0 radical (unpaired) electrons. The maximum atomic E-state index is 12.3. The lowest BCUT2D eigenvalue weighted by Gasteiger charge is -2.01. The largest absolute Gasteiger partial charge is 0.309 e. The highest BCUT2D eigenvalue weighted by molar-refractivity contribution is 7.13. The number of nitrogens with zero attached hydrogens (tertiary/aromatic N) is 3. The van der Waals surface area contributed by atoms with Gasteiger partial charge in [0.05, 0.1) is 17.8 Å². The van der Waals surface area contributed by atoms with Gasteiger partial charge in [-0.1, -0.05) is 48.0 Å². The lowest BCUT2D eigenvalue weighted by atomic mass is 10.2. The summed E-state index contributed by atoms with van der Waals surface area (Å²) in [5, 5.41) is 10.1. The summed E-state index contributed by atoms with van der Waals surface area (Å²) >= 11 is 1.55. The molecular weight excluding hydrogens is 356 g/mol. The van der Waals surface area contributed by atoms with E-state index in [9.17, 15) is 4.79 Å². The van der Waals surface area contributed by atoms with E-state index in [0.717, 1.165) is 22.0 Å². The summed E-state index contributed by atoms with van der Waals surface area (Å²) in [5.74, 6) is 0.395. The molecule has 0 aliphatic rings. The van der Waals surface area contributed by atoms with Gasteiger partial charge in [0.25, 0.3) is 0 Å². The highest BCUT2D eigenvalue weighted by Crippen LogP contribution is 2.24. The maximum Gasteiger partial charge on any atom is 0.231 e. The molecule has 2 aromatic heterocycles. The first kappa shape index (κ1) is 17.2. The van der Waals surface area contributed by atoms with E-state index >= 15 is 0 Å². The summed E-state index contributed by atoms with van der Waals surface area (Å²) in [4.78, 5) is 16.9. The third-order valence-electron chi connectivity index (χ3n) is 4.07. The minimum atomic E-state index is -0.130. The summed E-state index contributed by atoms with van der Waals surface area (Å²) in [5.41, 5.74) is 3.99. The summed E-state index contributed by atoms with van der Waals surface area (Å²) in [6, 6.07) is 19.8. The Kier molecular flexibility index (Phi) is 4.80. The summed E-state index contributed by atoms with van der Waals surface area (Å²) in [7, 11) is 0. The highest BCUT2D eigenvalue weighted by Gasteiger charge is 2.11. The van der Waals surface area contributed by atoms with Crippen molar-refractivity contribution in [2.75, 3.05) is 5.32 Å². The first-order valence-corrected chi connectivity index (χ1v) is 9.48. The standard InChI is InChI=1S/C21H18N4OS/c1-15-7-9-16(10-8-15)21-22-17(14-27-21)13-20(26)23-19-11-12-25(24-19)18-5-3-2-4-6-18/h2-12,14H,13H2,1H3,(H,23,24,26). The van der Waals surface area contributed by atoms with Crippen LogP contribution in [0.2, 0.25) is 0 Å². The molecule has 0 atom stereocenters. The van der Waals surface area contributed by atoms with Crippen LogP contribution < -0.4 is 5.32 Å². The van der Waals surface area contributed by atoms with Crippen LogP contribution in [0.25, 0.3) is 16.3 Å². The zero-order valence-corrected chi connectivity index (χ0v) is 15.6. The van der Waals surface area contributed by atoms with Gasteiger partial charge in [0.2, 0.25) is 5.91 Å². The number of carbonyl (C=O) groups is 1. The zero-order chi connectivity index (χ0) is 18.6. The Morgan fingerprint density at radius 1 is 1.07 bits per heavy atom. The van der Waals surface area contributed by atoms with E-state index < -0.39 is 0 Å². The SMILES string of the molecule is Cc1ccc(-c2nc(CC(=O)Nc3ccn(-c4ccccc4)n3)cs2)cc1. The van der Waals surface area contributed by atoms with Crippen LogP contribution >= 0.6 is 11.3 Å². The first-order valence-electron chi connectivity index (χ1n) is 8.60. The average Bonchev–Trinajstić information content (AvgIpc) is 3.33. The van der Waals surface area contributed by atoms with Gasteiger partial charge < -0.3 is 5.32 Å². The minimum Gasteiger partial charge on any atom is -0.309 e. The number of anilines is 1. The lowest BCUT2D eigenvalue weighted by molar-refractivity contribution is -0.115. The monoisotopic (exact) mass is 374 g/mol. The van der Waals surface area contributed by atoms with Crippen molar-refractivity contribution in [3.05, 3.63) is 83.5 Å². The van der Waals surface area contributed by atoms with E-state index in [1.807, 2.05) is 54.0 Å². The van der Waals surface area contributed by atoms with Gasteiger partial charge in [-0.05, 0) is 19.1 Å². The van der Waals surface area contributed by atoms with Crippen molar-refractivity contribution in [2.45, 2.75) is 13.3 Å². The predicted molar refractivity (Wildman–Crippen MR) is 108 cm³/mol. The smallest absolute Gasteiger partial charge is 0.231 e. The number of rotatable bonds is 5. The number of benzene rings is 2. The number of thiazole rings is 1. The van der Waals surface area contributed by atoms with Gasteiger partial charge in [-0.25, -0.2) is 9.67 Å². The first-order chi connectivity index (χ1) is 13.2. The second kappa shape index (κ2) is 7.55. The van der Waals surface area contributed by atoms with Crippen LogP contribution in [0, 0.1) is 6.92 Å². The van der Waals surface area contributed by atoms with Crippen molar-refractivity contribution in [3.8, 4) is 16.3 Å². The molecule has 0 saturated carbocycles. The van der Waals surface area contributed by atoms with Crippen LogP contribution in [-0.2, 0) is 11.2 Å². The molecule has 0 unspecified atom stereocenters. The minimum absolute atomic E-state index is 0.130. The molecule has 4 rings (SSSR count). The molecule has 0 aliphatic heterocycles. The normalized spacial score (nSPS) is 10.7. The van der Waals surface area contributed by atoms with Crippen LogP contribution in [0.1, 0.15) is 11.3 Å². The number of amides is 1. The van der Waals surface area contributed by atoms with E-state index in [0.29, 0.717) is 5.82 Å². The van der Waals surface area contributed by atoms with Gasteiger partial charge in [-0.3, -0.25) is 4.79 Å². The Bertz CT molecular complexity index is 1050. The number of para-hydroxylation sites is 1. The Balaban J connectivity index is 1.40. The Hall–Kier alpha value is -3.25. The molecule has 0 aliphatic carbocycles.